The smallest absolute Gasteiger partial charge is 0.408 e. The van der Waals surface area contributed by atoms with E-state index in [9.17, 15) is 23.2 Å². The van der Waals surface area contributed by atoms with Crippen LogP contribution in [0.25, 0.3) is 11.1 Å². The number of ether oxygens (including phenoxy) is 3. The Morgan fingerprint density at radius 3 is 2.06 bits per heavy atom. The van der Waals surface area contributed by atoms with Crippen molar-refractivity contribution >= 4 is 18.0 Å². The number of esters is 2. The zero-order valence-corrected chi connectivity index (χ0v) is 20.0. The maximum atomic E-state index is 14.6. The van der Waals surface area contributed by atoms with Crippen LogP contribution in [0.3, 0.4) is 0 Å². The molecule has 1 N–H and O–H groups in total. The highest BCUT2D eigenvalue weighted by molar-refractivity contribution is 5.91. The summed E-state index contributed by atoms with van der Waals surface area (Å²) in [7, 11) is 0. The molecule has 2 aromatic rings. The molecule has 0 saturated heterocycles. The molecule has 0 aromatic heterocycles. The average Bonchev–Trinajstić information content (AvgIpc) is 2.68. The molecule has 0 radical (unpaired) electrons. The summed E-state index contributed by atoms with van der Waals surface area (Å²) in [5, 5.41) is 2.31. The van der Waals surface area contributed by atoms with Crippen LogP contribution < -0.4 is 5.32 Å². The maximum absolute atomic E-state index is 14.6. The van der Waals surface area contributed by atoms with Gasteiger partial charge in [0.05, 0.1) is 5.56 Å². The molecule has 2 aromatic carbocycles. The van der Waals surface area contributed by atoms with Gasteiger partial charge in [-0.2, -0.15) is 0 Å². The number of benzene rings is 2. The summed E-state index contributed by atoms with van der Waals surface area (Å²) in [6, 6.07) is 7.92. The fraction of sp³-hybridized carbons (Fsp3) is 0.400. The number of carbonyl (C=O) groups excluding carboxylic acids is 3. The molecule has 0 fully saturated rings. The van der Waals surface area contributed by atoms with E-state index in [4.69, 9.17) is 14.2 Å². The van der Waals surface area contributed by atoms with Crippen LogP contribution in [-0.4, -0.2) is 41.9 Å². The molecule has 0 spiro atoms. The minimum atomic E-state index is -1.38. The quantitative estimate of drug-likeness (QED) is 0.464. The van der Waals surface area contributed by atoms with Crippen molar-refractivity contribution in [3.05, 3.63) is 59.7 Å². The van der Waals surface area contributed by atoms with Gasteiger partial charge in [-0.05, 0) is 76.9 Å². The Balaban J connectivity index is 2.14. The first-order valence-electron chi connectivity index (χ1n) is 10.6. The van der Waals surface area contributed by atoms with E-state index >= 15 is 0 Å². The van der Waals surface area contributed by atoms with Crippen molar-refractivity contribution in [2.45, 2.75) is 58.8 Å². The third kappa shape index (κ3) is 8.46. The number of halogens is 2. The largest absolute Gasteiger partial charge is 0.459 e. The number of nitrogens with one attached hydrogen (secondary N) is 1. The van der Waals surface area contributed by atoms with Crippen LogP contribution in [0.15, 0.2) is 42.5 Å². The van der Waals surface area contributed by atoms with Crippen molar-refractivity contribution in [2.24, 2.45) is 0 Å². The van der Waals surface area contributed by atoms with Gasteiger partial charge in [-0.15, -0.1) is 0 Å². The predicted molar refractivity (Wildman–Crippen MR) is 121 cm³/mol. The van der Waals surface area contributed by atoms with Gasteiger partial charge in [0.1, 0.15) is 29.4 Å². The van der Waals surface area contributed by atoms with Crippen molar-refractivity contribution in [1.29, 1.82) is 0 Å². The highest BCUT2D eigenvalue weighted by atomic mass is 19.1. The van der Waals surface area contributed by atoms with Crippen molar-refractivity contribution in [2.75, 3.05) is 6.61 Å². The number of hydrogen-bond acceptors (Lipinski definition) is 6. The second-order valence-corrected chi connectivity index (χ2v) is 9.54. The number of hydrogen-bond donors (Lipinski definition) is 1. The van der Waals surface area contributed by atoms with Gasteiger partial charge in [0.2, 0.25) is 0 Å². The normalized spacial score (nSPS) is 12.5. The summed E-state index contributed by atoms with van der Waals surface area (Å²) in [4.78, 5) is 37.1. The second-order valence-electron chi connectivity index (χ2n) is 9.54. The summed E-state index contributed by atoms with van der Waals surface area (Å²) < 4.78 is 43.5. The molecule has 34 heavy (non-hydrogen) atoms. The van der Waals surface area contributed by atoms with Crippen molar-refractivity contribution in [1.82, 2.24) is 5.32 Å². The average molecular weight is 478 g/mol. The monoisotopic (exact) mass is 477 g/mol. The minimum Gasteiger partial charge on any atom is -0.459 e. The van der Waals surface area contributed by atoms with Gasteiger partial charge < -0.3 is 19.5 Å². The lowest BCUT2D eigenvalue weighted by molar-refractivity contribution is -0.158. The van der Waals surface area contributed by atoms with Crippen LogP contribution >= 0.6 is 0 Å². The van der Waals surface area contributed by atoms with Gasteiger partial charge in [0.15, 0.2) is 6.04 Å². The lowest BCUT2D eigenvalue weighted by Gasteiger charge is -2.26. The van der Waals surface area contributed by atoms with E-state index in [-0.39, 0.29) is 5.56 Å². The first kappa shape index (κ1) is 26.8. The fourth-order valence-electron chi connectivity index (χ4n) is 2.76. The van der Waals surface area contributed by atoms with E-state index < -0.39 is 53.5 Å². The Morgan fingerprint density at radius 1 is 0.882 bits per heavy atom. The van der Waals surface area contributed by atoms with Crippen LogP contribution in [0.4, 0.5) is 13.6 Å². The molecule has 1 amide bonds. The van der Waals surface area contributed by atoms with Gasteiger partial charge in [-0.3, -0.25) is 0 Å². The van der Waals surface area contributed by atoms with Gasteiger partial charge in [-0.25, -0.2) is 23.2 Å². The molecule has 0 saturated carbocycles. The maximum Gasteiger partial charge on any atom is 0.408 e. The molecule has 0 unspecified atom stereocenters. The Morgan fingerprint density at radius 2 is 1.50 bits per heavy atom. The highest BCUT2D eigenvalue weighted by Gasteiger charge is 2.30. The highest BCUT2D eigenvalue weighted by Crippen LogP contribution is 2.23. The number of amides is 1. The molecule has 0 aliphatic rings. The molecular weight excluding hydrogens is 448 g/mol. The summed E-state index contributed by atoms with van der Waals surface area (Å²) in [6.07, 6.45) is -0.912. The van der Waals surface area contributed by atoms with E-state index in [1.54, 1.807) is 47.6 Å². The summed E-state index contributed by atoms with van der Waals surface area (Å²) >= 11 is 0. The molecule has 2 rings (SSSR count). The first-order valence-corrected chi connectivity index (χ1v) is 10.6. The zero-order valence-electron chi connectivity index (χ0n) is 20.0. The lowest BCUT2D eigenvalue weighted by Crippen LogP contribution is -2.48. The van der Waals surface area contributed by atoms with Crippen LogP contribution in [-0.2, 0) is 19.0 Å². The molecule has 1 atom stereocenters. The van der Waals surface area contributed by atoms with Crippen LogP contribution in [0.1, 0.15) is 51.9 Å². The third-order valence-corrected chi connectivity index (χ3v) is 4.11. The minimum absolute atomic E-state index is 0.367. The Bertz CT molecular complexity index is 1060. The van der Waals surface area contributed by atoms with E-state index in [1.165, 1.54) is 30.3 Å². The topological polar surface area (TPSA) is 90.9 Å². The van der Waals surface area contributed by atoms with Crippen LogP contribution in [0, 0.1) is 11.6 Å². The molecule has 184 valence electrons. The molecule has 0 bridgehead atoms. The van der Waals surface area contributed by atoms with E-state index in [0.717, 1.165) is 6.07 Å². The summed E-state index contributed by atoms with van der Waals surface area (Å²) in [5.74, 6) is -3.27. The van der Waals surface area contributed by atoms with Gasteiger partial charge in [0.25, 0.3) is 0 Å². The molecule has 9 heteroatoms. The van der Waals surface area contributed by atoms with Gasteiger partial charge in [-0.1, -0.05) is 18.2 Å². The number of alkyl carbamates (subject to hydrolysis) is 1. The van der Waals surface area contributed by atoms with E-state index in [0.29, 0.717) is 11.1 Å². The summed E-state index contributed by atoms with van der Waals surface area (Å²) in [6.45, 7) is 9.23. The van der Waals surface area contributed by atoms with E-state index in [2.05, 4.69) is 5.32 Å². The molecule has 0 heterocycles. The zero-order chi connectivity index (χ0) is 25.7. The third-order valence-electron chi connectivity index (χ3n) is 4.11. The Kier molecular flexibility index (Phi) is 8.36. The number of carbonyl (C=O) groups is 3. The summed E-state index contributed by atoms with van der Waals surface area (Å²) in [5.41, 5.74) is -1.28. The molecule has 7 nitrogen and oxygen atoms in total. The predicted octanol–water partition coefficient (Wildman–Crippen LogP) is 5.02. The van der Waals surface area contributed by atoms with Crippen LogP contribution in [0.5, 0.6) is 0 Å². The number of rotatable bonds is 6. The second kappa shape index (κ2) is 10.6. The molecular formula is C25H29F2NO6. The fourth-order valence-corrected chi connectivity index (χ4v) is 2.76. The Hall–Kier alpha value is -3.49. The van der Waals surface area contributed by atoms with Crippen molar-refractivity contribution < 1.29 is 37.4 Å². The van der Waals surface area contributed by atoms with Crippen LogP contribution in [0.2, 0.25) is 0 Å². The standard InChI is InChI=1S/C25H29F2NO6/c1-24(2,3)33-22(30)20(28-23(31)34-25(4,5)6)14-32-21(29)18-11-10-16(13-19(18)27)15-8-7-9-17(26)12-15/h7-13,20H,14H2,1-6H3,(H,28,31)/t20-/m0/s1. The van der Waals surface area contributed by atoms with Gasteiger partial charge >= 0.3 is 18.0 Å². The van der Waals surface area contributed by atoms with Gasteiger partial charge in [0, 0.05) is 0 Å². The Labute approximate surface area is 197 Å². The molecule has 0 aliphatic heterocycles. The first-order chi connectivity index (χ1) is 15.6. The molecule has 0 aliphatic carbocycles. The van der Waals surface area contributed by atoms with Crippen molar-refractivity contribution in [3.8, 4) is 11.1 Å². The lowest BCUT2D eigenvalue weighted by atomic mass is 10.0. The van der Waals surface area contributed by atoms with Crippen molar-refractivity contribution in [3.63, 3.8) is 0 Å². The van der Waals surface area contributed by atoms with E-state index in [1.807, 2.05) is 0 Å². The SMILES string of the molecule is CC(C)(C)OC(=O)N[C@@H](COC(=O)c1ccc(-c2cccc(F)c2)cc1F)C(=O)OC(C)(C)C.